The Hall–Kier alpha value is -5.64. The van der Waals surface area contributed by atoms with Crippen LogP contribution in [0.1, 0.15) is 47.1 Å². The Morgan fingerprint density at radius 1 is 0.839 bits per heavy atom. The number of carbonyl (C=O) groups is 3. The minimum Gasteiger partial charge on any atom is -0.462 e. The number of aromatic nitrogens is 4. The number of likely N-dealkylation sites (N-methyl/N-ethyl adjacent to an activating group) is 2. The molecule has 326 valence electrons. The molecule has 2 saturated heterocycles. The number of fused-ring (bicyclic) bond motifs is 6. The lowest BCUT2D eigenvalue weighted by atomic mass is 10.1. The van der Waals surface area contributed by atoms with Crippen LogP contribution >= 0.6 is 23.2 Å². The van der Waals surface area contributed by atoms with Crippen molar-refractivity contribution in [2.45, 2.75) is 27.2 Å². The number of hydrogen-bond donors (Lipinski definition) is 1. The van der Waals surface area contributed by atoms with Crippen LogP contribution in [-0.4, -0.2) is 133 Å². The first-order valence-electron chi connectivity index (χ1n) is 20.2. The fraction of sp³-hybridized carbons (Fsp3) is 0.348. The number of ether oxygens (including phenoxy) is 2. The number of nitrogens with one attached hydrogen (secondary N) is 1. The van der Waals surface area contributed by atoms with E-state index in [1.807, 2.05) is 78.1 Å². The molecule has 0 bridgehead atoms. The second-order valence-corrected chi connectivity index (χ2v) is 15.2. The van der Waals surface area contributed by atoms with Gasteiger partial charge in [0.1, 0.15) is 34.3 Å². The summed E-state index contributed by atoms with van der Waals surface area (Å²) in [5, 5.41) is 4.59. The van der Waals surface area contributed by atoms with Gasteiger partial charge in [-0.2, -0.15) is 0 Å². The first-order valence-corrected chi connectivity index (χ1v) is 20.9. The second-order valence-electron chi connectivity index (χ2n) is 14.5. The number of nitrogens with zero attached hydrogens (tertiary/aromatic N) is 8. The van der Waals surface area contributed by atoms with Gasteiger partial charge >= 0.3 is 11.9 Å². The Balaban J connectivity index is 0.000000183. The number of benzene rings is 2. The van der Waals surface area contributed by atoms with Gasteiger partial charge in [-0.05, 0) is 75.1 Å². The van der Waals surface area contributed by atoms with Gasteiger partial charge in [0, 0.05) is 69.9 Å². The number of halogens is 2. The number of para-hydroxylation sites is 3. The smallest absolute Gasteiger partial charge is 0.341 e. The molecule has 2 fully saturated rings. The quantitative estimate of drug-likeness (QED) is 0.0738. The van der Waals surface area contributed by atoms with Crippen molar-refractivity contribution in [1.82, 2.24) is 34.5 Å². The summed E-state index contributed by atoms with van der Waals surface area (Å²) in [5.74, 6) is 0.336. The van der Waals surface area contributed by atoms with E-state index in [1.54, 1.807) is 0 Å². The topological polar surface area (TPSA) is 147 Å². The molecule has 0 spiro atoms. The minimum absolute atomic E-state index is 0. The number of pyridine rings is 3. The van der Waals surface area contributed by atoms with Crippen LogP contribution in [0, 0.1) is 6.92 Å². The molecule has 9 rings (SSSR count). The number of rotatable bonds is 7. The van der Waals surface area contributed by atoms with Gasteiger partial charge in [0.05, 0.1) is 35.3 Å². The molecule has 0 saturated carbocycles. The molecular formula is C46H54Cl2N9O5+. The summed E-state index contributed by atoms with van der Waals surface area (Å²) in [6.07, 6.45) is 1.65. The molecule has 3 aliphatic heterocycles. The van der Waals surface area contributed by atoms with E-state index < -0.39 is 0 Å². The fourth-order valence-corrected chi connectivity index (χ4v) is 7.26. The lowest BCUT2D eigenvalue weighted by Gasteiger charge is -2.33. The van der Waals surface area contributed by atoms with Crippen LogP contribution in [0.25, 0.3) is 27.7 Å². The van der Waals surface area contributed by atoms with Crippen molar-refractivity contribution >= 4 is 86.4 Å². The van der Waals surface area contributed by atoms with E-state index in [1.165, 1.54) is 30.8 Å². The summed E-state index contributed by atoms with van der Waals surface area (Å²) in [6.45, 7) is 14.4. The molecule has 7 heterocycles. The summed E-state index contributed by atoms with van der Waals surface area (Å²) < 4.78 is 12.0. The highest BCUT2D eigenvalue weighted by Crippen LogP contribution is 2.29. The Morgan fingerprint density at radius 2 is 1.55 bits per heavy atom. The van der Waals surface area contributed by atoms with Gasteiger partial charge in [-0.25, -0.2) is 19.7 Å². The van der Waals surface area contributed by atoms with Crippen LogP contribution < -0.4 is 10.2 Å². The minimum atomic E-state index is -0.363. The third kappa shape index (κ3) is 12.3. The Labute approximate surface area is 372 Å². The summed E-state index contributed by atoms with van der Waals surface area (Å²) in [6, 6.07) is 24.7. The van der Waals surface area contributed by atoms with Gasteiger partial charge in [0.25, 0.3) is 0 Å². The third-order valence-electron chi connectivity index (χ3n) is 10.1. The third-order valence-corrected chi connectivity index (χ3v) is 10.6. The molecule has 0 amide bonds. The van der Waals surface area contributed by atoms with Crippen LogP contribution in [-0.2, 0) is 20.7 Å². The van der Waals surface area contributed by atoms with E-state index in [-0.39, 0.29) is 42.7 Å². The Morgan fingerprint density at radius 3 is 2.21 bits per heavy atom. The second kappa shape index (κ2) is 23.0. The highest BCUT2D eigenvalue weighted by molar-refractivity contribution is 6.33. The number of carbonyl (C=O) groups excluding carboxylic acids is 3. The molecule has 0 radical (unpaired) electrons. The van der Waals surface area contributed by atoms with Crippen LogP contribution in [0.5, 0.6) is 0 Å². The molecule has 62 heavy (non-hydrogen) atoms. The van der Waals surface area contributed by atoms with E-state index >= 15 is 0 Å². The average Bonchev–Trinajstić information content (AvgIpc) is 3.86. The standard InChI is InChI=1S/C22H23N5O2.C12H12NO2.C6H3Cl2NO.C5H12N2.CH4/c1-3-29-22(28)16-14-15-8-9-19(26-12-10-25(2)11-13-26)24-20(15)27-18-7-5-4-6-17(18)23-21(16)27;1-2-15-12(14)8-10-7-9-5-3-4-6-11(9)13-10;7-5-2-1-4(3-10)6(8)9-5;1-7-4-2-6-3-5-7;/h4-9,14H,3,10-13H2,1-2H3;3-6H,1-2,7-8H2;1-3H;6H,2-5H2,1H3;1H4/q;+1;;;. The zero-order chi connectivity index (χ0) is 43.3. The fourth-order valence-electron chi connectivity index (χ4n) is 6.87. The predicted octanol–water partition coefficient (Wildman–Crippen LogP) is 7.41. The van der Waals surface area contributed by atoms with E-state index in [9.17, 15) is 14.4 Å². The predicted molar refractivity (Wildman–Crippen MR) is 249 cm³/mol. The molecule has 2 aromatic carbocycles. The highest BCUT2D eigenvalue weighted by Gasteiger charge is 2.22. The number of hydrogen-bond acceptors (Lipinski definition) is 13. The van der Waals surface area contributed by atoms with Gasteiger partial charge in [-0.3, -0.25) is 19.0 Å². The molecule has 4 aromatic heterocycles. The summed E-state index contributed by atoms with van der Waals surface area (Å²) in [7, 11) is 4.30. The van der Waals surface area contributed by atoms with Crippen molar-refractivity contribution in [3.05, 3.63) is 113 Å². The summed E-state index contributed by atoms with van der Waals surface area (Å²) in [5.41, 5.74) is 6.98. The maximum atomic E-state index is 12.6. The molecule has 0 aliphatic carbocycles. The Bertz CT molecular complexity index is 2500. The zero-order valence-corrected chi connectivity index (χ0v) is 36.2. The number of aldehydes is 1. The number of anilines is 1. The zero-order valence-electron chi connectivity index (χ0n) is 34.7. The maximum absolute atomic E-state index is 12.6. The number of aliphatic imine (C=N–C) groups is 1. The van der Waals surface area contributed by atoms with Crippen molar-refractivity contribution in [2.75, 3.05) is 84.6 Å². The van der Waals surface area contributed by atoms with Gasteiger partial charge in [0.2, 0.25) is 6.61 Å². The monoisotopic (exact) mass is 882 g/mol. The molecular weight excluding hydrogens is 829 g/mol. The van der Waals surface area contributed by atoms with Crippen LogP contribution in [0.4, 0.5) is 11.5 Å². The van der Waals surface area contributed by atoms with Crippen LogP contribution in [0.3, 0.4) is 0 Å². The maximum Gasteiger partial charge on any atom is 0.341 e. The van der Waals surface area contributed by atoms with Gasteiger partial charge in [0.15, 0.2) is 11.9 Å². The van der Waals surface area contributed by atoms with E-state index in [0.717, 1.165) is 85.0 Å². The molecule has 0 unspecified atom stereocenters. The van der Waals surface area contributed by atoms with Gasteiger partial charge in [-0.15, -0.1) is 0 Å². The van der Waals surface area contributed by atoms with E-state index in [2.05, 4.69) is 51.0 Å². The van der Waals surface area contributed by atoms with E-state index in [0.29, 0.717) is 29.7 Å². The Kier molecular flexibility index (Phi) is 17.6. The largest absolute Gasteiger partial charge is 0.462 e. The first-order chi connectivity index (χ1) is 29.6. The van der Waals surface area contributed by atoms with Crippen molar-refractivity contribution in [3.8, 4) is 0 Å². The number of imidazole rings is 1. The van der Waals surface area contributed by atoms with Crippen LogP contribution in [0.2, 0.25) is 10.3 Å². The van der Waals surface area contributed by atoms with Gasteiger partial charge in [-0.1, -0.05) is 61.0 Å². The number of piperazine rings is 2. The van der Waals surface area contributed by atoms with Crippen molar-refractivity contribution in [2.24, 2.45) is 4.99 Å². The average molecular weight is 884 g/mol. The van der Waals surface area contributed by atoms with Gasteiger partial charge < -0.3 is 29.5 Å². The molecule has 3 aliphatic rings. The molecule has 16 heteroatoms. The van der Waals surface area contributed by atoms with Crippen LogP contribution in [0.15, 0.2) is 83.9 Å². The number of esters is 2. The summed E-state index contributed by atoms with van der Waals surface area (Å²) >= 11 is 11.0. The summed E-state index contributed by atoms with van der Waals surface area (Å²) in [4.78, 5) is 58.7. The van der Waals surface area contributed by atoms with Crippen molar-refractivity contribution in [1.29, 1.82) is 0 Å². The normalized spacial score (nSPS) is 14.8. The van der Waals surface area contributed by atoms with Crippen molar-refractivity contribution < 1.29 is 23.9 Å². The van der Waals surface area contributed by atoms with E-state index in [4.69, 9.17) is 42.6 Å². The first kappa shape index (κ1) is 47.4. The lowest BCUT2D eigenvalue weighted by molar-refractivity contribution is -0.141. The molecule has 1 N–H and O–H groups in total. The molecule has 0 atom stereocenters. The molecule has 14 nitrogen and oxygen atoms in total. The highest BCUT2D eigenvalue weighted by atomic mass is 35.5. The SMILES string of the molecule is C.CCOC(=O)c1cc2ccc(N3CCN(C)CC3)nc2n2c1nc1ccccc12.CN1CCNCC1.O=Cc1ccc(Cl)nc1Cl.[CH2+]COC(=O)CC1=Nc2ccccc2C1. The molecule has 6 aromatic rings. The lowest BCUT2D eigenvalue weighted by Crippen LogP contribution is -2.44. The van der Waals surface area contributed by atoms with Crippen molar-refractivity contribution in [3.63, 3.8) is 0 Å².